The lowest BCUT2D eigenvalue weighted by Crippen LogP contribution is -2.19. The molecule has 0 atom stereocenters. The number of hydrogen-bond donors (Lipinski definition) is 2. The molecule has 8 nitrogen and oxygen atoms in total. The highest BCUT2D eigenvalue weighted by atomic mass is 35.5. The molecule has 3 heterocycles. The number of nitrogens with zero attached hydrogens (tertiary/aromatic N) is 2. The third-order valence-electron chi connectivity index (χ3n) is 5.74. The van der Waals surface area contributed by atoms with Gasteiger partial charge in [-0.3, -0.25) is 9.78 Å². The average Bonchev–Trinajstić information content (AvgIpc) is 3.37. The molecule has 0 aliphatic heterocycles. The summed E-state index contributed by atoms with van der Waals surface area (Å²) in [6.07, 6.45) is 2.31. The van der Waals surface area contributed by atoms with Gasteiger partial charge in [0.05, 0.1) is 0 Å². The van der Waals surface area contributed by atoms with Gasteiger partial charge in [-0.2, -0.15) is 0 Å². The van der Waals surface area contributed by atoms with Crippen LogP contribution in [0.2, 0.25) is 5.02 Å². The minimum atomic E-state index is -4.32. The Morgan fingerprint density at radius 1 is 1.20 bits per heavy atom. The number of anilines is 1. The lowest BCUT2D eigenvalue weighted by molar-refractivity contribution is 0.100. The fourth-order valence-corrected chi connectivity index (χ4v) is 6.95. The van der Waals surface area contributed by atoms with Gasteiger partial charge in [0, 0.05) is 29.3 Å². The van der Waals surface area contributed by atoms with Gasteiger partial charge in [0.25, 0.3) is 21.8 Å². The Kier molecular flexibility index (Phi) is 6.72. The van der Waals surface area contributed by atoms with Gasteiger partial charge in [-0.1, -0.05) is 28.9 Å². The summed E-state index contributed by atoms with van der Waals surface area (Å²) in [6, 6.07) is 7.72. The van der Waals surface area contributed by atoms with Gasteiger partial charge in [0.2, 0.25) is 0 Å². The molecule has 0 fully saturated rings. The largest absolute Gasteiger partial charge is 0.365 e. The third kappa shape index (κ3) is 4.69. The van der Waals surface area contributed by atoms with Gasteiger partial charge in [0.1, 0.15) is 20.5 Å². The van der Waals surface area contributed by atoms with Crippen molar-refractivity contribution in [1.29, 1.82) is 0 Å². The summed E-state index contributed by atoms with van der Waals surface area (Å²) in [5.41, 5.74) is 11.7. The van der Waals surface area contributed by atoms with Crippen LogP contribution in [0.4, 0.5) is 5.88 Å². The number of carbonyl (C=O) groups is 1. The highest BCUT2D eigenvalue weighted by Gasteiger charge is 2.32. The lowest BCUT2D eigenvalue weighted by atomic mass is 9.88. The molecule has 4 rings (SSSR count). The lowest BCUT2D eigenvalue weighted by Gasteiger charge is -2.18. The number of nitrogens with two attached hydrogens (primary N) is 1. The second-order valence-electron chi connectivity index (χ2n) is 8.18. The molecule has 0 saturated heterocycles. The minimum absolute atomic E-state index is 0.0336. The number of aryl methyl sites for hydroxylation is 3. The predicted octanol–water partition coefficient (Wildman–Crippen LogP) is 5.18. The number of sulfonamides is 1. The number of rotatable bonds is 7. The van der Waals surface area contributed by atoms with E-state index in [-0.39, 0.29) is 20.7 Å². The predicted molar refractivity (Wildman–Crippen MR) is 137 cm³/mol. The van der Waals surface area contributed by atoms with E-state index in [0.717, 1.165) is 39.3 Å². The molecule has 0 saturated carbocycles. The van der Waals surface area contributed by atoms with Crippen LogP contribution in [0.1, 0.15) is 43.3 Å². The Bertz CT molecular complexity index is 1540. The van der Waals surface area contributed by atoms with Crippen molar-refractivity contribution in [3.8, 4) is 11.1 Å². The van der Waals surface area contributed by atoms with Crippen LogP contribution >= 0.6 is 22.9 Å². The number of aromatic nitrogens is 2. The van der Waals surface area contributed by atoms with Crippen LogP contribution in [0.3, 0.4) is 0 Å². The topological polar surface area (TPSA) is 128 Å². The van der Waals surface area contributed by atoms with E-state index in [2.05, 4.69) is 14.9 Å². The first-order chi connectivity index (χ1) is 16.5. The minimum Gasteiger partial charge on any atom is -0.365 e. The molecule has 11 heteroatoms. The Labute approximate surface area is 212 Å². The highest BCUT2D eigenvalue weighted by molar-refractivity contribution is 7.93. The van der Waals surface area contributed by atoms with Gasteiger partial charge in [-0.15, -0.1) is 11.3 Å². The number of primary amides is 1. The first kappa shape index (κ1) is 24.9. The molecule has 1 aromatic carbocycles. The maximum Gasteiger partial charge on any atom is 0.266 e. The van der Waals surface area contributed by atoms with Gasteiger partial charge >= 0.3 is 0 Å². The number of nitrogens with one attached hydrogen (secondary N) is 1. The maximum atomic E-state index is 13.5. The summed E-state index contributed by atoms with van der Waals surface area (Å²) < 4.78 is 34.4. The summed E-state index contributed by atoms with van der Waals surface area (Å²) in [5.74, 6) is -1.08. The number of halogens is 1. The molecule has 1 amide bonds. The zero-order chi connectivity index (χ0) is 25.5. The zero-order valence-electron chi connectivity index (χ0n) is 19.5. The molecule has 0 aliphatic rings. The number of carbonyl (C=O) groups excluding carboxylic acids is 1. The first-order valence-corrected chi connectivity index (χ1v) is 13.3. The van der Waals surface area contributed by atoms with Crippen molar-refractivity contribution >= 4 is 44.8 Å². The number of thiophene rings is 1. The van der Waals surface area contributed by atoms with Crippen molar-refractivity contribution in [2.75, 3.05) is 4.72 Å². The van der Waals surface area contributed by atoms with E-state index in [0.29, 0.717) is 23.2 Å². The van der Waals surface area contributed by atoms with E-state index >= 15 is 0 Å². The van der Waals surface area contributed by atoms with Crippen LogP contribution < -0.4 is 10.5 Å². The van der Waals surface area contributed by atoms with E-state index in [1.165, 1.54) is 0 Å². The Hall–Kier alpha value is -3.21. The zero-order valence-corrected chi connectivity index (χ0v) is 21.9. The van der Waals surface area contributed by atoms with Crippen molar-refractivity contribution < 1.29 is 17.7 Å². The van der Waals surface area contributed by atoms with Crippen molar-refractivity contribution in [1.82, 2.24) is 10.1 Å². The normalized spacial score (nSPS) is 11.6. The highest BCUT2D eigenvalue weighted by Crippen LogP contribution is 2.41. The van der Waals surface area contributed by atoms with E-state index in [4.69, 9.17) is 21.9 Å². The van der Waals surface area contributed by atoms with Crippen LogP contribution in [0, 0.1) is 27.7 Å². The molecule has 0 radical (unpaired) electrons. The van der Waals surface area contributed by atoms with E-state index in [1.54, 1.807) is 18.5 Å². The summed E-state index contributed by atoms with van der Waals surface area (Å²) in [4.78, 5) is 16.4. The number of pyridine rings is 1. The van der Waals surface area contributed by atoms with E-state index < -0.39 is 15.9 Å². The van der Waals surface area contributed by atoms with Crippen LogP contribution in [0.5, 0.6) is 0 Å². The molecular weight excluding hydrogens is 508 g/mol. The molecule has 3 N–H and O–H groups in total. The molecule has 35 heavy (non-hydrogen) atoms. The fraction of sp³-hybridized carbons (Fsp3) is 0.208. The van der Waals surface area contributed by atoms with E-state index in [1.807, 2.05) is 45.0 Å². The molecule has 3 aromatic heterocycles. The smallest absolute Gasteiger partial charge is 0.266 e. The quantitative estimate of drug-likeness (QED) is 0.339. The number of benzene rings is 1. The molecular formula is C24H23ClN4O4S2. The molecule has 0 bridgehead atoms. The monoisotopic (exact) mass is 530 g/mol. The van der Waals surface area contributed by atoms with Gasteiger partial charge in [0.15, 0.2) is 0 Å². The van der Waals surface area contributed by atoms with Crippen molar-refractivity contribution in [2.45, 2.75) is 39.0 Å². The SMILES string of the molecule is Cc1cc(C)c(-c2csc(C(N)=O)c2S(=O)(=O)Nc2onc(C)c2Cl)c(C)c1Cc1ccccn1. The second-order valence-corrected chi connectivity index (χ2v) is 11.1. The van der Waals surface area contributed by atoms with Gasteiger partial charge < -0.3 is 10.3 Å². The second kappa shape index (κ2) is 9.44. The average molecular weight is 531 g/mol. The van der Waals surface area contributed by atoms with Crippen LogP contribution in [-0.4, -0.2) is 24.5 Å². The Morgan fingerprint density at radius 2 is 1.94 bits per heavy atom. The molecule has 0 aliphatic carbocycles. The van der Waals surface area contributed by atoms with Crippen molar-refractivity contribution in [2.24, 2.45) is 5.73 Å². The maximum absolute atomic E-state index is 13.5. The summed E-state index contributed by atoms with van der Waals surface area (Å²) in [6.45, 7) is 7.44. The summed E-state index contributed by atoms with van der Waals surface area (Å²) >= 11 is 7.09. The molecule has 0 unspecified atom stereocenters. The van der Waals surface area contributed by atoms with Crippen molar-refractivity contribution in [3.05, 3.63) is 79.4 Å². The third-order valence-corrected chi connectivity index (χ3v) is 8.72. The van der Waals surface area contributed by atoms with E-state index in [9.17, 15) is 13.2 Å². The molecule has 4 aromatic rings. The molecule has 182 valence electrons. The number of amides is 1. The Balaban J connectivity index is 1.91. The number of hydrogen-bond acceptors (Lipinski definition) is 7. The molecule has 0 spiro atoms. The Morgan fingerprint density at radius 3 is 2.54 bits per heavy atom. The standard InChI is InChI=1S/C24H23ClN4O4S2/c1-12-9-13(2)19(14(3)17(12)10-16-7-5-6-8-27-16)18-11-34-21(23(26)30)22(18)35(31,32)29-24-20(25)15(4)28-33-24/h5-9,11,29H,10H2,1-4H3,(H2,26,30). The van der Waals surface area contributed by atoms with Crippen LogP contribution in [0.15, 0.2) is 45.3 Å². The van der Waals surface area contributed by atoms with Gasteiger partial charge in [-0.05, 0) is 67.6 Å². The summed E-state index contributed by atoms with van der Waals surface area (Å²) in [5, 5.41) is 5.35. The van der Waals surface area contributed by atoms with Crippen molar-refractivity contribution in [3.63, 3.8) is 0 Å². The van der Waals surface area contributed by atoms with Crippen LogP contribution in [-0.2, 0) is 16.4 Å². The first-order valence-electron chi connectivity index (χ1n) is 10.6. The summed E-state index contributed by atoms with van der Waals surface area (Å²) in [7, 11) is -4.32. The van der Waals surface area contributed by atoms with Crippen LogP contribution in [0.25, 0.3) is 11.1 Å². The van der Waals surface area contributed by atoms with Gasteiger partial charge in [-0.25, -0.2) is 13.1 Å². The fourth-order valence-electron chi connectivity index (χ4n) is 4.15.